The van der Waals surface area contributed by atoms with Crippen LogP contribution in [0.3, 0.4) is 0 Å². The Kier molecular flexibility index (Phi) is 10.6. The summed E-state index contributed by atoms with van der Waals surface area (Å²) in [7, 11) is 0. The average molecular weight is 439 g/mol. The second-order valence-electron chi connectivity index (χ2n) is 4.63. The standard InChI is InChI=1S/C14H32N3.H2N.Ta/c1-8-15(9-2)14(7,16(10-3)11-4)17(12-5)13-6;;/h7-13H2,1-6H3;1H2;/q;-1;+1. The summed E-state index contributed by atoms with van der Waals surface area (Å²) in [4.78, 5) is 7.84. The van der Waals surface area contributed by atoms with Crippen LogP contribution >= 0.6 is 0 Å². The molecular formula is C14H34N4Ta. The second-order valence-corrected chi connectivity index (χ2v) is 7.08. The van der Waals surface area contributed by atoms with E-state index in [9.17, 15) is 0 Å². The summed E-state index contributed by atoms with van der Waals surface area (Å²) in [6, 6.07) is 0. The fraction of sp³-hybridized carbons (Fsp3) is 1.00. The van der Waals surface area contributed by atoms with Gasteiger partial charge < -0.3 is 0 Å². The molecule has 4 nitrogen and oxygen atoms in total. The van der Waals surface area contributed by atoms with E-state index in [1.54, 1.807) is 0 Å². The Bertz CT molecular complexity index is 182. The summed E-state index contributed by atoms with van der Waals surface area (Å²) < 4.78 is 7.34. The van der Waals surface area contributed by atoms with Gasteiger partial charge in [-0.1, -0.05) is 0 Å². The van der Waals surface area contributed by atoms with Gasteiger partial charge in [-0.05, 0) is 0 Å². The van der Waals surface area contributed by atoms with E-state index in [4.69, 9.17) is 4.14 Å². The van der Waals surface area contributed by atoms with Crippen LogP contribution in [0.4, 0.5) is 0 Å². The Balaban J connectivity index is 5.68. The molecule has 5 heteroatoms. The van der Waals surface area contributed by atoms with Crippen LogP contribution in [0.5, 0.6) is 0 Å². The fourth-order valence-corrected chi connectivity index (χ4v) is 6.25. The molecule has 19 heavy (non-hydrogen) atoms. The molecule has 0 aromatic rings. The summed E-state index contributed by atoms with van der Waals surface area (Å²) in [6.07, 6.45) is 0. The third-order valence-electron chi connectivity index (χ3n) is 4.11. The van der Waals surface area contributed by atoms with E-state index in [2.05, 4.69) is 56.2 Å². The molecule has 0 aliphatic carbocycles. The molecule has 0 heterocycles. The summed E-state index contributed by atoms with van der Waals surface area (Å²) in [5, 5.41) is 0. The summed E-state index contributed by atoms with van der Waals surface area (Å²) in [6.45, 7) is 20.2. The van der Waals surface area contributed by atoms with Crippen molar-refractivity contribution in [3.8, 4) is 0 Å². The van der Waals surface area contributed by atoms with Crippen LogP contribution in [0.25, 0.3) is 0 Å². The van der Waals surface area contributed by atoms with Gasteiger partial charge in [-0.3, -0.25) is 0 Å². The molecule has 0 unspecified atom stereocenters. The number of hydrogen-bond acceptors (Lipinski definition) is 4. The van der Waals surface area contributed by atoms with Crippen molar-refractivity contribution in [2.45, 2.75) is 52.0 Å². The van der Waals surface area contributed by atoms with Gasteiger partial charge in [-0.15, -0.1) is 0 Å². The van der Waals surface area contributed by atoms with E-state index in [-0.39, 0.29) is 5.79 Å². The summed E-state index contributed by atoms with van der Waals surface area (Å²) in [5.74, 6) is 0.0577. The van der Waals surface area contributed by atoms with Crippen molar-refractivity contribution in [2.75, 3.05) is 39.3 Å². The van der Waals surface area contributed by atoms with Gasteiger partial charge in [0.1, 0.15) is 0 Å². The molecule has 0 aromatic heterocycles. The van der Waals surface area contributed by atoms with Crippen molar-refractivity contribution in [3.63, 3.8) is 0 Å². The van der Waals surface area contributed by atoms with Gasteiger partial charge in [-0.2, -0.15) is 0 Å². The molecule has 0 saturated carbocycles. The van der Waals surface area contributed by atoms with Crippen LogP contribution in [0.2, 0.25) is 4.64 Å². The van der Waals surface area contributed by atoms with Gasteiger partial charge in [-0.25, -0.2) is 0 Å². The van der Waals surface area contributed by atoms with E-state index in [1.165, 1.54) is 4.64 Å². The Hall–Kier alpha value is 0.580. The zero-order valence-electron chi connectivity index (χ0n) is 13.8. The minimum absolute atomic E-state index is 0.0577. The molecule has 0 atom stereocenters. The molecule has 0 spiro atoms. The van der Waals surface area contributed by atoms with Crippen molar-refractivity contribution in [1.29, 1.82) is 0 Å². The zero-order chi connectivity index (χ0) is 14.9. The van der Waals surface area contributed by atoms with Gasteiger partial charge in [0.15, 0.2) is 0 Å². The van der Waals surface area contributed by atoms with Crippen molar-refractivity contribution < 1.29 is 20.0 Å². The van der Waals surface area contributed by atoms with Gasteiger partial charge in [0, 0.05) is 0 Å². The van der Waals surface area contributed by atoms with E-state index >= 15 is 0 Å². The maximum atomic E-state index is 6.16. The maximum absolute atomic E-state index is 6.16. The topological polar surface area (TPSA) is 35.7 Å². The van der Waals surface area contributed by atoms with Crippen molar-refractivity contribution in [1.82, 2.24) is 14.7 Å². The molecule has 0 amide bonds. The van der Waals surface area contributed by atoms with E-state index in [0.29, 0.717) is 0 Å². The Labute approximate surface area is 130 Å². The van der Waals surface area contributed by atoms with Gasteiger partial charge >= 0.3 is 130 Å². The molecule has 0 radical (unpaired) electrons. The zero-order valence-corrected chi connectivity index (χ0v) is 17.0. The molecule has 0 saturated heterocycles. The van der Waals surface area contributed by atoms with Crippen molar-refractivity contribution in [3.05, 3.63) is 0 Å². The number of hydrogen-bond donors (Lipinski definition) is 1. The third kappa shape index (κ3) is 4.27. The van der Waals surface area contributed by atoms with E-state index in [1.807, 2.05) is 0 Å². The third-order valence-corrected chi connectivity index (χ3v) is 6.29. The molecule has 0 rings (SSSR count). The molecule has 0 aromatic carbocycles. The first-order chi connectivity index (χ1) is 9.12. The van der Waals surface area contributed by atoms with Crippen LogP contribution in [-0.2, 0) is 20.0 Å². The van der Waals surface area contributed by atoms with E-state index in [0.717, 1.165) is 39.3 Å². The first kappa shape index (κ1) is 19.6. The summed E-state index contributed by atoms with van der Waals surface area (Å²) >= 11 is -0.867. The van der Waals surface area contributed by atoms with Gasteiger partial charge in [0.05, 0.1) is 0 Å². The van der Waals surface area contributed by atoms with Crippen molar-refractivity contribution in [2.24, 2.45) is 4.14 Å². The Morgan fingerprint density at radius 2 is 0.947 bits per heavy atom. The summed E-state index contributed by atoms with van der Waals surface area (Å²) in [5.41, 5.74) is 0. The normalized spacial score (nSPS) is 12.7. The molecular weight excluding hydrogens is 405 g/mol. The predicted molar refractivity (Wildman–Crippen MR) is 80.5 cm³/mol. The van der Waals surface area contributed by atoms with Crippen molar-refractivity contribution >= 4 is 0 Å². The van der Waals surface area contributed by atoms with Crippen LogP contribution in [0.15, 0.2) is 0 Å². The molecule has 0 aliphatic heterocycles. The van der Waals surface area contributed by atoms with Gasteiger partial charge in [0.25, 0.3) is 0 Å². The van der Waals surface area contributed by atoms with Crippen LogP contribution < -0.4 is 4.14 Å². The first-order valence-electron chi connectivity index (χ1n) is 7.74. The Morgan fingerprint density at radius 3 is 1.11 bits per heavy atom. The molecule has 115 valence electrons. The number of rotatable bonds is 11. The predicted octanol–water partition coefficient (Wildman–Crippen LogP) is 2.04. The SMILES string of the molecule is CCN(CC)C([CH2][Ta][NH2])(N(CC)CC)N(CC)CC. The van der Waals surface area contributed by atoms with Gasteiger partial charge in [0.2, 0.25) is 0 Å². The Morgan fingerprint density at radius 1 is 0.684 bits per heavy atom. The molecule has 0 aliphatic rings. The number of nitrogens with zero attached hydrogens (tertiary/aromatic N) is 3. The average Bonchev–Trinajstić information content (AvgIpc) is 2.42. The molecule has 0 fully saturated rings. The second kappa shape index (κ2) is 10.3. The number of nitrogens with two attached hydrogens (primary N) is 1. The fourth-order valence-electron chi connectivity index (χ4n) is 3.21. The quantitative estimate of drug-likeness (QED) is 0.500. The molecule has 0 bridgehead atoms. The van der Waals surface area contributed by atoms with E-state index < -0.39 is 20.0 Å². The first-order valence-corrected chi connectivity index (χ1v) is 11.9. The monoisotopic (exact) mass is 439 g/mol. The minimum atomic E-state index is -0.867. The van der Waals surface area contributed by atoms with Crippen LogP contribution in [0, 0.1) is 0 Å². The van der Waals surface area contributed by atoms with Crippen LogP contribution in [-0.4, -0.2) is 59.8 Å². The van der Waals surface area contributed by atoms with Crippen LogP contribution in [0.1, 0.15) is 41.5 Å². The molecule has 2 N–H and O–H groups in total.